The molecule has 0 heterocycles. The average molecular weight is 249 g/mol. The number of rotatable bonds is 0. The van der Waals surface area contributed by atoms with Gasteiger partial charge in [0.15, 0.2) is 0 Å². The molecule has 0 fully saturated rings. The smallest absolute Gasteiger partial charge is 0 e. The van der Waals surface area contributed by atoms with Crippen LogP contribution in [0.15, 0.2) is 0 Å². The minimum atomic E-state index is -5.00. The van der Waals surface area contributed by atoms with Gasteiger partial charge in [-0.3, -0.25) is 0 Å². The van der Waals surface area contributed by atoms with E-state index in [4.69, 9.17) is 14.8 Å². The van der Waals surface area contributed by atoms with E-state index in [9.17, 15) is 0 Å². The molecule has 0 rings (SSSR count). The van der Waals surface area contributed by atoms with Gasteiger partial charge < -0.3 is 0 Å². The molecule has 0 saturated carbocycles. The van der Waals surface area contributed by atoms with E-state index < -0.39 is 18.1 Å². The zero-order chi connectivity index (χ0) is 4.50. The van der Waals surface area contributed by atoms with Crippen LogP contribution in [0.25, 0.3) is 0 Å². The molecule has 0 unspecified atom stereocenters. The van der Waals surface area contributed by atoms with Gasteiger partial charge in [0.25, 0.3) is 0 Å². The van der Waals surface area contributed by atoms with Crippen molar-refractivity contribution >= 4 is 37.7 Å². The summed E-state index contributed by atoms with van der Waals surface area (Å²) < 4.78 is 29.5. The molecule has 0 aromatic rings. The summed E-state index contributed by atoms with van der Waals surface area (Å²) in [4.78, 5) is 0. The van der Waals surface area contributed by atoms with Crippen molar-refractivity contribution < 1.29 is 59.1 Å². The van der Waals surface area contributed by atoms with E-state index in [2.05, 4.69) is 0 Å². The number of hydrogen-bond donors (Lipinski definition) is 4. The monoisotopic (exact) mass is 248 g/mol. The molecule has 0 saturated heterocycles. The Balaban J connectivity index is -0.0000000800. The molecule has 0 aliphatic heterocycles. The normalized spacial score (nSPS) is 8.57. The maximum atomic E-state index is 7.38. The summed E-state index contributed by atoms with van der Waals surface area (Å²) in [6.45, 7) is 0. The Kier molecular flexibility index (Phi) is 15.9. The molecular formula is H6CaO4TiZr. The van der Waals surface area contributed by atoms with Gasteiger partial charge in [0.2, 0.25) is 0 Å². The first-order valence-corrected chi connectivity index (χ1v) is 3.69. The Hall–Kier alpha value is 2.70. The number of hydrogen-bond acceptors (Lipinski definition) is 4. The van der Waals surface area contributed by atoms with Gasteiger partial charge in [0, 0.05) is 26.2 Å². The van der Waals surface area contributed by atoms with Gasteiger partial charge >= 0.3 is 70.6 Å². The minimum Gasteiger partial charge on any atom is 0 e. The molecule has 0 aliphatic carbocycles. The summed E-state index contributed by atoms with van der Waals surface area (Å²) in [7, 11) is 0. The molecule has 0 aliphatic rings. The Morgan fingerprint density at radius 2 is 0.857 bits per heavy atom. The summed E-state index contributed by atoms with van der Waals surface area (Å²) in [5.41, 5.74) is 0. The van der Waals surface area contributed by atoms with Crippen molar-refractivity contribution in [2.24, 2.45) is 0 Å². The van der Waals surface area contributed by atoms with Crippen molar-refractivity contribution in [1.29, 1.82) is 0 Å². The van der Waals surface area contributed by atoms with E-state index >= 15 is 0 Å². The fraction of sp³-hybridized carbons (Fsp3) is 0. The first-order chi connectivity index (χ1) is 2.00. The van der Waals surface area contributed by atoms with Gasteiger partial charge in [-0.05, 0) is 0 Å². The molecule has 0 radical (unpaired) electrons. The molecule has 4 N–H and O–H groups in total. The first kappa shape index (κ1) is 16.4. The first-order valence-electron chi connectivity index (χ1n) is 0.894. The topological polar surface area (TPSA) is 80.9 Å². The predicted octanol–water partition coefficient (Wildman–Crippen LogP) is -3.15. The van der Waals surface area contributed by atoms with Crippen molar-refractivity contribution in [2.75, 3.05) is 0 Å². The fourth-order valence-electron chi connectivity index (χ4n) is 0. The van der Waals surface area contributed by atoms with E-state index in [-0.39, 0.29) is 63.9 Å². The largest absolute Gasteiger partial charge is 0 e. The predicted molar refractivity (Wildman–Crippen MR) is 17.4 cm³/mol. The molecule has 7 heteroatoms. The third-order valence-corrected chi connectivity index (χ3v) is 0. The van der Waals surface area contributed by atoms with Crippen LogP contribution in [-0.2, 0) is 44.3 Å². The zero-order valence-corrected chi connectivity index (χ0v) is 6.81. The van der Waals surface area contributed by atoms with Crippen molar-refractivity contribution in [3.8, 4) is 0 Å². The quantitative estimate of drug-likeness (QED) is 0.342. The van der Waals surface area contributed by atoms with Crippen LogP contribution in [0, 0.1) is 0 Å². The third-order valence-electron chi connectivity index (χ3n) is 0. The molecule has 7 heavy (non-hydrogen) atoms. The molecule has 0 amide bonds. The standard InChI is InChI=1S/Ca.4H2O.Ti.Zr.2H/h;4*1H2;;;;/q;;;;;+4;;;/p-4. The van der Waals surface area contributed by atoms with Gasteiger partial charge in [0.1, 0.15) is 0 Å². The maximum Gasteiger partial charge on any atom is 0 e. The second-order valence-electron chi connectivity index (χ2n) is 0.600. The fourth-order valence-corrected chi connectivity index (χ4v) is 0. The third kappa shape index (κ3) is 53.6. The molecule has 0 atom stereocenters. The summed E-state index contributed by atoms with van der Waals surface area (Å²) in [6, 6.07) is 0. The van der Waals surface area contributed by atoms with Gasteiger partial charge in [-0.2, -0.15) is 0 Å². The van der Waals surface area contributed by atoms with E-state index in [1.54, 1.807) is 0 Å². The Morgan fingerprint density at radius 1 is 0.857 bits per heavy atom. The average Bonchev–Trinajstić information content (AvgIpc) is 0.722. The van der Waals surface area contributed by atoms with Crippen molar-refractivity contribution in [2.45, 2.75) is 0 Å². The minimum absolute atomic E-state index is 0. The molecule has 0 spiro atoms. The second-order valence-corrected chi connectivity index (χ2v) is 2.47. The summed E-state index contributed by atoms with van der Waals surface area (Å²) >= 11 is -5.00. The van der Waals surface area contributed by atoms with Crippen LogP contribution in [0.3, 0.4) is 0 Å². The Bertz CT molecular complexity index is 27.2. The van der Waals surface area contributed by atoms with Gasteiger partial charge in [-0.1, -0.05) is 0 Å². The van der Waals surface area contributed by atoms with Crippen molar-refractivity contribution in [3.05, 3.63) is 0 Å². The Morgan fingerprint density at radius 3 is 0.857 bits per heavy atom. The molecule has 4 nitrogen and oxygen atoms in total. The summed E-state index contributed by atoms with van der Waals surface area (Å²) in [5, 5.41) is 0. The van der Waals surface area contributed by atoms with Gasteiger partial charge in [-0.25, -0.2) is 0 Å². The van der Waals surface area contributed by atoms with Crippen molar-refractivity contribution in [3.63, 3.8) is 0 Å². The second kappa shape index (κ2) is 6.81. The SMILES string of the molecule is [CaH2].[OH][Ti]([OH])([OH])[OH].[Zr]. The van der Waals surface area contributed by atoms with Crippen LogP contribution in [0.4, 0.5) is 0 Å². The van der Waals surface area contributed by atoms with E-state index in [1.807, 2.05) is 0 Å². The van der Waals surface area contributed by atoms with E-state index in [1.165, 1.54) is 0 Å². The molecule has 0 aromatic carbocycles. The zero-order valence-electron chi connectivity index (χ0n) is 2.79. The summed E-state index contributed by atoms with van der Waals surface area (Å²) in [6.07, 6.45) is 0. The molecule has 40 valence electrons. The van der Waals surface area contributed by atoms with E-state index in [0.29, 0.717) is 0 Å². The van der Waals surface area contributed by atoms with Gasteiger partial charge in [0.05, 0.1) is 0 Å². The van der Waals surface area contributed by atoms with Crippen LogP contribution >= 0.6 is 0 Å². The molecular weight excluding hydrogens is 243 g/mol. The maximum absolute atomic E-state index is 7.38. The van der Waals surface area contributed by atoms with Crippen LogP contribution in [0.5, 0.6) is 0 Å². The summed E-state index contributed by atoms with van der Waals surface area (Å²) in [5.74, 6) is 0. The van der Waals surface area contributed by atoms with Crippen LogP contribution in [-0.4, -0.2) is 52.5 Å². The van der Waals surface area contributed by atoms with E-state index in [0.717, 1.165) is 0 Å². The van der Waals surface area contributed by atoms with Crippen molar-refractivity contribution in [1.82, 2.24) is 0 Å². The molecule has 0 bridgehead atoms. The molecule has 0 aromatic heterocycles. The Labute approximate surface area is 94.9 Å². The van der Waals surface area contributed by atoms with Gasteiger partial charge in [-0.15, -0.1) is 0 Å². The van der Waals surface area contributed by atoms with Crippen LogP contribution in [0.2, 0.25) is 0 Å². The van der Waals surface area contributed by atoms with Crippen LogP contribution < -0.4 is 0 Å². The van der Waals surface area contributed by atoms with Crippen LogP contribution in [0.1, 0.15) is 0 Å².